The molecule has 0 atom stereocenters. The molecule has 1 heterocycles. The van der Waals surface area contributed by atoms with Gasteiger partial charge in [-0.2, -0.15) is 0 Å². The molecule has 1 amide bonds. The van der Waals surface area contributed by atoms with Crippen molar-refractivity contribution in [2.24, 2.45) is 10.9 Å². The van der Waals surface area contributed by atoms with Gasteiger partial charge in [-0.15, -0.1) is 35.3 Å². The zero-order valence-electron chi connectivity index (χ0n) is 13.2. The van der Waals surface area contributed by atoms with E-state index in [1.54, 1.807) is 0 Å². The maximum Gasteiger partial charge on any atom is 0.223 e. The molecule has 0 aliphatic heterocycles. The first-order valence-electron chi connectivity index (χ1n) is 7.73. The van der Waals surface area contributed by atoms with Crippen molar-refractivity contribution in [3.8, 4) is 0 Å². The van der Waals surface area contributed by atoms with Crippen LogP contribution < -0.4 is 16.0 Å². The Morgan fingerprint density at radius 1 is 1.30 bits per heavy atom. The highest BCUT2D eigenvalue weighted by atomic mass is 127. The number of carbonyl (C=O) groups excluding carboxylic acids is 1. The van der Waals surface area contributed by atoms with Crippen LogP contribution >= 0.6 is 57.9 Å². The first-order valence-corrected chi connectivity index (χ1v) is 9.62. The molecule has 3 N–H and O–H groups in total. The van der Waals surface area contributed by atoms with Gasteiger partial charge in [0.1, 0.15) is 0 Å². The summed E-state index contributed by atoms with van der Waals surface area (Å²) in [5.41, 5.74) is 0. The fourth-order valence-electron chi connectivity index (χ4n) is 1.96. The van der Waals surface area contributed by atoms with Crippen LogP contribution in [0.4, 0.5) is 0 Å². The van der Waals surface area contributed by atoms with E-state index in [0.29, 0.717) is 13.1 Å². The quantitative estimate of drug-likeness (QED) is 0.198. The van der Waals surface area contributed by atoms with E-state index >= 15 is 0 Å². The zero-order chi connectivity index (χ0) is 15.8. The molecule has 8 heteroatoms. The van der Waals surface area contributed by atoms with Crippen molar-refractivity contribution in [1.82, 2.24) is 16.0 Å². The Bertz CT molecular complexity index is 517. The summed E-state index contributed by atoms with van der Waals surface area (Å²) in [5.74, 6) is 1.28. The molecule has 0 bridgehead atoms. The van der Waals surface area contributed by atoms with Crippen LogP contribution in [-0.2, 0) is 11.2 Å². The molecule has 2 rings (SSSR count). The van der Waals surface area contributed by atoms with Crippen molar-refractivity contribution >= 4 is 69.8 Å². The highest BCUT2D eigenvalue weighted by Gasteiger charge is 2.28. The zero-order valence-corrected chi connectivity index (χ0v) is 18.5. The molecule has 1 aromatic heterocycles. The molecule has 5 nitrogen and oxygen atoms in total. The Kier molecular flexibility index (Phi) is 10.4. The smallest absolute Gasteiger partial charge is 0.223 e. The van der Waals surface area contributed by atoms with Gasteiger partial charge in [0, 0.05) is 43.4 Å². The molecule has 0 radical (unpaired) electrons. The molecule has 1 aliphatic rings. The maximum absolute atomic E-state index is 11.5. The van der Waals surface area contributed by atoms with Crippen molar-refractivity contribution in [1.29, 1.82) is 0 Å². The Balaban J connectivity index is 0.00000264. The van der Waals surface area contributed by atoms with Gasteiger partial charge >= 0.3 is 0 Å². The van der Waals surface area contributed by atoms with E-state index in [9.17, 15) is 4.79 Å². The summed E-state index contributed by atoms with van der Waals surface area (Å²) in [7, 11) is 0. The normalized spacial score (nSPS) is 14.1. The monoisotopic (exact) mass is 562 g/mol. The van der Waals surface area contributed by atoms with E-state index in [1.165, 1.54) is 7.76 Å². The number of aliphatic imine (C=N–C) groups is 1. The van der Waals surface area contributed by atoms with Crippen molar-refractivity contribution in [3.63, 3.8) is 0 Å². The molecule has 23 heavy (non-hydrogen) atoms. The minimum Gasteiger partial charge on any atom is -0.357 e. The lowest BCUT2D eigenvalue weighted by Gasteiger charge is -2.11. The molecule has 1 fully saturated rings. The molecule has 0 aromatic carbocycles. The summed E-state index contributed by atoms with van der Waals surface area (Å²) in [4.78, 5) is 17.5. The largest absolute Gasteiger partial charge is 0.357 e. The van der Waals surface area contributed by atoms with E-state index in [2.05, 4.69) is 55.7 Å². The molecule has 0 saturated heterocycles. The number of nitrogens with one attached hydrogen (secondary N) is 3. The predicted octanol–water partition coefficient (Wildman–Crippen LogP) is 2.59. The van der Waals surface area contributed by atoms with E-state index in [-0.39, 0.29) is 35.8 Å². The molecule has 130 valence electrons. The molecule has 1 saturated carbocycles. The summed E-state index contributed by atoms with van der Waals surface area (Å²) < 4.78 is 1.31. The number of carbonyl (C=O) groups is 1. The van der Waals surface area contributed by atoms with Gasteiger partial charge in [0.05, 0.1) is 2.88 Å². The number of nitrogens with zero attached hydrogens (tertiary/aromatic N) is 1. The molecular weight excluding hydrogens is 538 g/mol. The maximum atomic E-state index is 11.5. The van der Waals surface area contributed by atoms with Crippen LogP contribution in [0, 0.1) is 8.80 Å². The van der Waals surface area contributed by atoms with E-state index in [1.807, 2.05) is 18.3 Å². The van der Waals surface area contributed by atoms with Crippen LogP contribution in [0.2, 0.25) is 0 Å². The van der Waals surface area contributed by atoms with Gasteiger partial charge in [-0.3, -0.25) is 9.79 Å². The first kappa shape index (κ1) is 20.9. The summed E-state index contributed by atoms with van der Waals surface area (Å²) in [6, 6.07) is 4.30. The lowest BCUT2D eigenvalue weighted by atomic mass is 10.3. The van der Waals surface area contributed by atoms with E-state index in [4.69, 9.17) is 0 Å². The number of guanidine groups is 1. The van der Waals surface area contributed by atoms with Gasteiger partial charge in [-0.05, 0) is 54.5 Å². The van der Waals surface area contributed by atoms with Gasteiger partial charge in [-0.1, -0.05) is 0 Å². The van der Waals surface area contributed by atoms with Crippen LogP contribution in [-0.4, -0.2) is 38.0 Å². The molecule has 1 aromatic rings. The predicted molar refractivity (Wildman–Crippen MR) is 116 cm³/mol. The average Bonchev–Trinajstić information content (AvgIpc) is 3.27. The molecule has 1 aliphatic carbocycles. The number of hydrogen-bond donors (Lipinski definition) is 3. The fourth-order valence-corrected chi connectivity index (χ4v) is 3.71. The van der Waals surface area contributed by atoms with Gasteiger partial charge < -0.3 is 16.0 Å². The number of amides is 1. The Labute approximate surface area is 172 Å². The van der Waals surface area contributed by atoms with Crippen LogP contribution in [0.5, 0.6) is 0 Å². The third kappa shape index (κ3) is 8.52. The van der Waals surface area contributed by atoms with Crippen LogP contribution in [0.3, 0.4) is 0 Å². The summed E-state index contributed by atoms with van der Waals surface area (Å²) in [6.07, 6.45) is 3.05. The van der Waals surface area contributed by atoms with Gasteiger partial charge in [0.25, 0.3) is 0 Å². The van der Waals surface area contributed by atoms with E-state index in [0.717, 1.165) is 38.3 Å². The molecule has 0 spiro atoms. The van der Waals surface area contributed by atoms with Gasteiger partial charge in [0.2, 0.25) is 5.91 Å². The van der Waals surface area contributed by atoms with Gasteiger partial charge in [-0.25, -0.2) is 0 Å². The summed E-state index contributed by atoms with van der Waals surface area (Å²) in [5, 5.41) is 9.42. The van der Waals surface area contributed by atoms with Crippen molar-refractivity contribution < 1.29 is 4.79 Å². The SMILES string of the molecule is CCNC(=NCCc1ccc(I)s1)NCCNC(=O)C1CC1.I. The number of halogens is 2. The highest BCUT2D eigenvalue weighted by Crippen LogP contribution is 2.28. The highest BCUT2D eigenvalue weighted by molar-refractivity contribution is 14.1. The Morgan fingerprint density at radius 3 is 2.65 bits per heavy atom. The number of hydrogen-bond acceptors (Lipinski definition) is 3. The number of rotatable bonds is 8. The first-order chi connectivity index (χ1) is 10.7. The van der Waals surface area contributed by atoms with E-state index < -0.39 is 0 Å². The number of thiophene rings is 1. The van der Waals surface area contributed by atoms with Gasteiger partial charge in [0.15, 0.2) is 5.96 Å². The topological polar surface area (TPSA) is 65.5 Å². The Morgan fingerprint density at radius 2 is 2.04 bits per heavy atom. The lowest BCUT2D eigenvalue weighted by molar-refractivity contribution is -0.122. The van der Waals surface area contributed by atoms with Crippen molar-refractivity contribution in [2.75, 3.05) is 26.2 Å². The van der Waals surface area contributed by atoms with Crippen LogP contribution in [0.1, 0.15) is 24.6 Å². The minimum absolute atomic E-state index is 0. The van der Waals surface area contributed by atoms with Crippen LogP contribution in [0.15, 0.2) is 17.1 Å². The second kappa shape index (κ2) is 11.5. The lowest BCUT2D eigenvalue weighted by Crippen LogP contribution is -2.41. The standard InChI is InChI=1S/C15H23IN4OS.HI/c1-2-17-15(19-8-7-12-5-6-13(16)22-12)20-10-9-18-14(21)11-3-4-11;/h5-6,11H,2-4,7-10H2,1H3,(H,18,21)(H2,17,19,20);1H. The summed E-state index contributed by atoms with van der Waals surface area (Å²) >= 11 is 4.15. The van der Waals surface area contributed by atoms with Crippen LogP contribution in [0.25, 0.3) is 0 Å². The molecular formula is C15H24I2N4OS. The Hall–Kier alpha value is -0.100. The van der Waals surface area contributed by atoms with Crippen molar-refractivity contribution in [2.45, 2.75) is 26.2 Å². The fraction of sp³-hybridized carbons (Fsp3) is 0.600. The van der Waals surface area contributed by atoms with Crippen molar-refractivity contribution in [3.05, 3.63) is 19.9 Å². The average molecular weight is 562 g/mol. The minimum atomic E-state index is 0. The molecule has 0 unspecified atom stereocenters. The second-order valence-electron chi connectivity index (χ2n) is 5.21. The third-order valence-corrected chi connectivity index (χ3v) is 5.22. The summed E-state index contributed by atoms with van der Waals surface area (Å²) in [6.45, 7) is 4.98. The third-order valence-electron chi connectivity index (χ3n) is 3.27. The second-order valence-corrected chi connectivity index (χ2v) is 8.27.